The Morgan fingerprint density at radius 2 is 1.00 bits per heavy atom. The van der Waals surface area contributed by atoms with Gasteiger partial charge in [0.1, 0.15) is 0 Å². The number of nitrogens with zero attached hydrogens (tertiary/aromatic N) is 1. The van der Waals surface area contributed by atoms with Gasteiger partial charge in [-0.1, -0.05) is 133 Å². The molecule has 2 heterocycles. The average Bonchev–Trinajstić information content (AvgIpc) is 3.75. The average molecular weight is 660 g/mol. The zero-order valence-electron chi connectivity index (χ0n) is 26.5. The zero-order valence-corrected chi connectivity index (χ0v) is 28.1. The number of hydrogen-bond acceptors (Lipinski definition) is 3. The molecule has 0 aliphatic heterocycles. The fourth-order valence-corrected chi connectivity index (χ4v) is 9.83. The van der Waals surface area contributed by atoms with E-state index in [9.17, 15) is 0 Å². The van der Waals surface area contributed by atoms with Crippen molar-refractivity contribution in [1.82, 2.24) is 0 Å². The maximum atomic E-state index is 2.51. The minimum Gasteiger partial charge on any atom is -0.308 e. The molecule has 0 atom stereocenters. The van der Waals surface area contributed by atoms with E-state index in [1.165, 1.54) is 84.7 Å². The first-order valence-corrected chi connectivity index (χ1v) is 18.2. The van der Waals surface area contributed by atoms with Gasteiger partial charge in [0.05, 0.1) is 16.1 Å². The highest BCUT2D eigenvalue weighted by Gasteiger charge is 2.22. The monoisotopic (exact) mass is 659 g/mol. The van der Waals surface area contributed by atoms with Crippen molar-refractivity contribution >= 4 is 90.9 Å². The van der Waals surface area contributed by atoms with Crippen LogP contribution in [0.15, 0.2) is 176 Å². The topological polar surface area (TPSA) is 3.24 Å². The van der Waals surface area contributed by atoms with Crippen molar-refractivity contribution < 1.29 is 0 Å². The first kappa shape index (κ1) is 28.3. The van der Waals surface area contributed by atoms with Gasteiger partial charge in [-0.25, -0.2) is 0 Å². The maximum absolute atomic E-state index is 2.51. The summed E-state index contributed by atoms with van der Waals surface area (Å²) in [6.45, 7) is 0. The fraction of sp³-hybridized carbons (Fsp3) is 0. The van der Waals surface area contributed by atoms with Gasteiger partial charge in [0, 0.05) is 41.3 Å². The maximum Gasteiger partial charge on any atom is 0.0640 e. The smallest absolute Gasteiger partial charge is 0.0640 e. The van der Waals surface area contributed by atoms with Crippen LogP contribution >= 0.6 is 22.7 Å². The van der Waals surface area contributed by atoms with E-state index in [2.05, 4.69) is 181 Å². The number of rotatable bonds is 5. The van der Waals surface area contributed by atoms with Crippen LogP contribution in [0.25, 0.3) is 73.4 Å². The van der Waals surface area contributed by atoms with E-state index in [0.29, 0.717) is 0 Å². The number of fused-ring (bicyclic) bond motifs is 7. The predicted octanol–water partition coefficient (Wildman–Crippen LogP) is 14.4. The standard InChI is InChI=1S/C46H29NS2/c1-3-12-30(13-4-1)32-24-25-34-29-35(27-26-33(34)28-32)47(40-20-11-23-43-44(40)39-16-7-8-22-42(39)48-43)41-21-10-19-38-37-18-9-17-36(45(37)49-46(38)41)31-14-5-2-6-15-31/h1-29H. The fourth-order valence-electron chi connectivity index (χ4n) is 7.36. The Morgan fingerprint density at radius 1 is 0.367 bits per heavy atom. The van der Waals surface area contributed by atoms with E-state index >= 15 is 0 Å². The molecule has 0 fully saturated rings. The molecular weight excluding hydrogens is 631 g/mol. The number of anilines is 3. The second kappa shape index (κ2) is 11.5. The second-order valence-corrected chi connectivity index (χ2v) is 14.6. The van der Waals surface area contributed by atoms with E-state index in [4.69, 9.17) is 0 Å². The van der Waals surface area contributed by atoms with E-state index < -0.39 is 0 Å². The third-order valence-corrected chi connectivity index (χ3v) is 12.1. The van der Waals surface area contributed by atoms with Crippen molar-refractivity contribution in [2.45, 2.75) is 0 Å². The third kappa shape index (κ3) is 4.66. The summed E-state index contributed by atoms with van der Waals surface area (Å²) in [7, 11) is 0. The van der Waals surface area contributed by atoms with Gasteiger partial charge in [-0.05, 0) is 75.5 Å². The van der Waals surface area contributed by atoms with E-state index in [1.54, 1.807) is 0 Å². The zero-order chi connectivity index (χ0) is 32.3. The van der Waals surface area contributed by atoms with E-state index in [-0.39, 0.29) is 0 Å². The van der Waals surface area contributed by atoms with Crippen molar-refractivity contribution in [3.8, 4) is 22.3 Å². The van der Waals surface area contributed by atoms with Crippen molar-refractivity contribution in [3.63, 3.8) is 0 Å². The Morgan fingerprint density at radius 3 is 1.86 bits per heavy atom. The molecule has 3 heteroatoms. The summed E-state index contributed by atoms with van der Waals surface area (Å²) >= 11 is 3.77. The summed E-state index contributed by atoms with van der Waals surface area (Å²) in [5.74, 6) is 0. The van der Waals surface area contributed by atoms with Crippen LogP contribution in [0.4, 0.5) is 17.1 Å². The second-order valence-electron chi connectivity index (χ2n) is 12.5. The van der Waals surface area contributed by atoms with Gasteiger partial charge >= 0.3 is 0 Å². The molecule has 0 unspecified atom stereocenters. The summed E-state index contributed by atoms with van der Waals surface area (Å²) in [5.41, 5.74) is 8.54. The molecule has 0 saturated heterocycles. The highest BCUT2D eigenvalue weighted by atomic mass is 32.1. The summed E-state index contributed by atoms with van der Waals surface area (Å²) in [6, 6.07) is 64.3. The minimum absolute atomic E-state index is 1.15. The molecule has 0 N–H and O–H groups in total. The van der Waals surface area contributed by atoms with Crippen LogP contribution in [-0.4, -0.2) is 0 Å². The molecule has 2 aromatic heterocycles. The van der Waals surface area contributed by atoms with Crippen LogP contribution in [0.1, 0.15) is 0 Å². The van der Waals surface area contributed by atoms with Crippen molar-refractivity contribution in [2.75, 3.05) is 4.90 Å². The molecule has 0 spiro atoms. The van der Waals surface area contributed by atoms with Gasteiger partial charge in [0.2, 0.25) is 0 Å². The number of hydrogen-bond donors (Lipinski definition) is 0. The van der Waals surface area contributed by atoms with Crippen LogP contribution in [0.5, 0.6) is 0 Å². The Bertz CT molecular complexity index is 2830. The summed E-state index contributed by atoms with van der Waals surface area (Å²) in [6.07, 6.45) is 0. The quantitative estimate of drug-likeness (QED) is 0.178. The Hall–Kier alpha value is -5.74. The van der Waals surface area contributed by atoms with Crippen molar-refractivity contribution in [2.24, 2.45) is 0 Å². The molecule has 49 heavy (non-hydrogen) atoms. The van der Waals surface area contributed by atoms with Crippen LogP contribution < -0.4 is 4.90 Å². The largest absolute Gasteiger partial charge is 0.308 e. The molecule has 0 amide bonds. The Balaban J connectivity index is 1.24. The molecule has 0 aliphatic carbocycles. The van der Waals surface area contributed by atoms with Gasteiger partial charge < -0.3 is 4.90 Å². The molecule has 10 aromatic rings. The first-order valence-electron chi connectivity index (χ1n) is 16.6. The van der Waals surface area contributed by atoms with Crippen LogP contribution in [0.3, 0.4) is 0 Å². The van der Waals surface area contributed by atoms with Gasteiger partial charge in [0.25, 0.3) is 0 Å². The van der Waals surface area contributed by atoms with Gasteiger partial charge in [-0.3, -0.25) is 0 Å². The van der Waals surface area contributed by atoms with Crippen LogP contribution in [-0.2, 0) is 0 Å². The lowest BCUT2D eigenvalue weighted by atomic mass is 10.00. The molecule has 230 valence electrons. The van der Waals surface area contributed by atoms with Crippen LogP contribution in [0.2, 0.25) is 0 Å². The molecule has 1 nitrogen and oxygen atoms in total. The van der Waals surface area contributed by atoms with Gasteiger partial charge in [0.15, 0.2) is 0 Å². The minimum atomic E-state index is 1.15. The molecule has 0 aliphatic rings. The lowest BCUT2D eigenvalue weighted by Gasteiger charge is -2.27. The SMILES string of the molecule is c1ccc(-c2ccc3cc(N(c4cccc5c4sc4c(-c6ccccc6)cccc45)c4cccc5sc6ccccc6c45)ccc3c2)cc1. The highest BCUT2D eigenvalue weighted by Crippen LogP contribution is 2.50. The first-order chi connectivity index (χ1) is 24.3. The number of thiophene rings is 2. The van der Waals surface area contributed by atoms with E-state index in [1.807, 2.05) is 22.7 Å². The summed E-state index contributed by atoms with van der Waals surface area (Å²) in [5, 5.41) is 7.64. The Kier molecular flexibility index (Phi) is 6.61. The van der Waals surface area contributed by atoms with E-state index in [0.717, 1.165) is 5.69 Å². The van der Waals surface area contributed by atoms with Crippen molar-refractivity contribution in [1.29, 1.82) is 0 Å². The predicted molar refractivity (Wildman–Crippen MR) is 215 cm³/mol. The summed E-state index contributed by atoms with van der Waals surface area (Å²) < 4.78 is 5.22. The molecular formula is C46H29NS2. The third-order valence-electron chi connectivity index (χ3n) is 9.64. The summed E-state index contributed by atoms with van der Waals surface area (Å²) in [4.78, 5) is 2.51. The normalized spacial score (nSPS) is 11.7. The van der Waals surface area contributed by atoms with Crippen LogP contribution in [0, 0.1) is 0 Å². The number of benzene rings is 8. The molecule has 8 aromatic carbocycles. The molecule has 10 rings (SSSR count). The molecule has 0 radical (unpaired) electrons. The lowest BCUT2D eigenvalue weighted by Crippen LogP contribution is -2.10. The van der Waals surface area contributed by atoms with Gasteiger partial charge in [-0.2, -0.15) is 0 Å². The lowest BCUT2D eigenvalue weighted by molar-refractivity contribution is 1.33. The van der Waals surface area contributed by atoms with Gasteiger partial charge in [-0.15, -0.1) is 22.7 Å². The van der Waals surface area contributed by atoms with Crippen molar-refractivity contribution in [3.05, 3.63) is 176 Å². The molecule has 0 bridgehead atoms. The highest BCUT2D eigenvalue weighted by molar-refractivity contribution is 7.27. The molecule has 0 saturated carbocycles. The Labute approximate surface area is 292 Å².